The molecule has 1 atom stereocenters. The summed E-state index contributed by atoms with van der Waals surface area (Å²) in [5.41, 5.74) is 1.33. The second-order valence-electron chi connectivity index (χ2n) is 7.19. The third-order valence-corrected chi connectivity index (χ3v) is 5.76. The average molecular weight is 497 g/mol. The number of carbonyl (C=O) groups excluding carboxylic acids is 2. The van der Waals surface area contributed by atoms with Crippen molar-refractivity contribution in [1.82, 2.24) is 9.88 Å². The molecule has 0 saturated carbocycles. The number of rotatable bonds is 5. The quantitative estimate of drug-likeness (QED) is 0.317. The minimum Gasteiger partial charge on any atom is -0.507 e. The largest absolute Gasteiger partial charge is 0.507 e. The van der Waals surface area contributed by atoms with Crippen LogP contribution in [-0.2, 0) is 16.1 Å². The monoisotopic (exact) mass is 496 g/mol. The highest BCUT2D eigenvalue weighted by molar-refractivity contribution is 9.10. The summed E-state index contributed by atoms with van der Waals surface area (Å²) in [6.45, 7) is 0.118. The van der Waals surface area contributed by atoms with E-state index < -0.39 is 29.3 Å². The number of hydrogen-bond acceptors (Lipinski definition) is 5. The molecule has 1 fully saturated rings. The first-order valence-corrected chi connectivity index (χ1v) is 10.5. The van der Waals surface area contributed by atoms with E-state index in [-0.39, 0.29) is 23.4 Å². The minimum absolute atomic E-state index is 0.00281. The van der Waals surface area contributed by atoms with Crippen LogP contribution >= 0.6 is 15.9 Å². The number of likely N-dealkylation sites (tertiary alicyclic amines) is 1. The Balaban J connectivity index is 1.86. The SMILES string of the molecule is COc1ccc(C(O)=C2C(=O)C(=O)N(Cc3cccnc3)[C@@H]2c2ccc(Br)cc2)cc1F. The molecule has 1 aliphatic rings. The van der Waals surface area contributed by atoms with E-state index in [1.165, 1.54) is 24.1 Å². The van der Waals surface area contributed by atoms with Crippen LogP contribution in [0.1, 0.15) is 22.7 Å². The summed E-state index contributed by atoms with van der Waals surface area (Å²) in [7, 11) is 1.33. The van der Waals surface area contributed by atoms with E-state index in [1.807, 2.05) is 0 Å². The standard InChI is InChI=1S/C24H18BrFN2O4/c1-32-19-9-6-16(11-18(19)26)22(29)20-21(15-4-7-17(25)8-5-15)28(24(31)23(20)30)13-14-3-2-10-27-12-14/h2-12,21,29H,13H2,1H3/t21-/m1/s1. The summed E-state index contributed by atoms with van der Waals surface area (Å²) < 4.78 is 20.0. The lowest BCUT2D eigenvalue weighted by atomic mass is 9.95. The molecule has 0 spiro atoms. The number of ketones is 1. The van der Waals surface area contributed by atoms with Gasteiger partial charge >= 0.3 is 0 Å². The number of nitrogens with zero attached hydrogens (tertiary/aromatic N) is 2. The highest BCUT2D eigenvalue weighted by Gasteiger charge is 2.46. The Labute approximate surface area is 192 Å². The van der Waals surface area contributed by atoms with Gasteiger partial charge in [0.25, 0.3) is 11.7 Å². The number of ether oxygens (including phenoxy) is 1. The lowest BCUT2D eigenvalue weighted by molar-refractivity contribution is -0.140. The molecule has 8 heteroatoms. The third-order valence-electron chi connectivity index (χ3n) is 5.23. The maximum Gasteiger partial charge on any atom is 0.295 e. The topological polar surface area (TPSA) is 79.7 Å². The van der Waals surface area contributed by atoms with Gasteiger partial charge in [0.15, 0.2) is 11.6 Å². The van der Waals surface area contributed by atoms with Crippen molar-refractivity contribution < 1.29 is 23.8 Å². The van der Waals surface area contributed by atoms with Gasteiger partial charge in [-0.05, 0) is 47.5 Å². The first-order valence-electron chi connectivity index (χ1n) is 9.67. The summed E-state index contributed by atoms with van der Waals surface area (Å²) in [5.74, 6) is -2.73. The van der Waals surface area contributed by atoms with Crippen LogP contribution in [-0.4, -0.2) is 33.8 Å². The van der Waals surface area contributed by atoms with Crippen molar-refractivity contribution in [3.8, 4) is 5.75 Å². The van der Waals surface area contributed by atoms with Gasteiger partial charge in [-0.25, -0.2) is 4.39 Å². The van der Waals surface area contributed by atoms with Gasteiger partial charge in [-0.3, -0.25) is 14.6 Å². The Morgan fingerprint density at radius 3 is 2.56 bits per heavy atom. The molecule has 0 radical (unpaired) electrons. The molecule has 0 bridgehead atoms. The van der Waals surface area contributed by atoms with Crippen molar-refractivity contribution in [3.05, 3.63) is 99.5 Å². The van der Waals surface area contributed by atoms with Crippen LogP contribution in [0, 0.1) is 5.82 Å². The molecule has 32 heavy (non-hydrogen) atoms. The molecule has 4 rings (SSSR count). The van der Waals surface area contributed by atoms with E-state index in [1.54, 1.807) is 48.8 Å². The maximum absolute atomic E-state index is 14.3. The zero-order chi connectivity index (χ0) is 22.8. The molecule has 0 unspecified atom stereocenters. The van der Waals surface area contributed by atoms with Crippen LogP contribution in [0.3, 0.4) is 0 Å². The van der Waals surface area contributed by atoms with Crippen LogP contribution in [0.5, 0.6) is 5.75 Å². The molecule has 1 aromatic heterocycles. The zero-order valence-corrected chi connectivity index (χ0v) is 18.5. The van der Waals surface area contributed by atoms with Gasteiger partial charge in [0.1, 0.15) is 5.76 Å². The predicted octanol–water partition coefficient (Wildman–Crippen LogP) is 4.61. The molecule has 6 nitrogen and oxygen atoms in total. The van der Waals surface area contributed by atoms with Crippen LogP contribution in [0.4, 0.5) is 4.39 Å². The lowest BCUT2D eigenvalue weighted by Crippen LogP contribution is -2.29. The molecule has 1 amide bonds. The summed E-state index contributed by atoms with van der Waals surface area (Å²) >= 11 is 3.38. The van der Waals surface area contributed by atoms with Gasteiger partial charge in [-0.1, -0.05) is 34.1 Å². The smallest absolute Gasteiger partial charge is 0.295 e. The Kier molecular flexibility index (Phi) is 6.05. The number of Topliss-reactive ketones (excluding diaryl/α,β-unsaturated/α-hetero) is 1. The normalized spacial score (nSPS) is 17.6. The molecule has 2 heterocycles. The van der Waals surface area contributed by atoms with Crippen LogP contribution < -0.4 is 4.74 Å². The van der Waals surface area contributed by atoms with Crippen molar-refractivity contribution in [3.63, 3.8) is 0 Å². The molecule has 1 saturated heterocycles. The molecule has 0 aliphatic carbocycles. The molecule has 1 N–H and O–H groups in total. The molecular weight excluding hydrogens is 479 g/mol. The molecule has 2 aromatic carbocycles. The Hall–Kier alpha value is -3.52. The molecule has 3 aromatic rings. The summed E-state index contributed by atoms with van der Waals surface area (Å²) in [4.78, 5) is 31.5. The molecule has 162 valence electrons. The van der Waals surface area contributed by atoms with Crippen molar-refractivity contribution in [1.29, 1.82) is 0 Å². The fourth-order valence-electron chi connectivity index (χ4n) is 3.69. The highest BCUT2D eigenvalue weighted by Crippen LogP contribution is 2.40. The van der Waals surface area contributed by atoms with Gasteiger partial charge in [0, 0.05) is 29.0 Å². The number of hydrogen-bond donors (Lipinski definition) is 1. The van der Waals surface area contributed by atoms with Gasteiger partial charge < -0.3 is 14.7 Å². The van der Waals surface area contributed by atoms with Gasteiger partial charge in [-0.15, -0.1) is 0 Å². The van der Waals surface area contributed by atoms with Gasteiger partial charge in [0.2, 0.25) is 0 Å². The van der Waals surface area contributed by atoms with E-state index >= 15 is 0 Å². The van der Waals surface area contributed by atoms with Gasteiger partial charge in [0.05, 0.1) is 18.7 Å². The fraction of sp³-hybridized carbons (Fsp3) is 0.125. The van der Waals surface area contributed by atoms with Gasteiger partial charge in [-0.2, -0.15) is 0 Å². The van der Waals surface area contributed by atoms with E-state index in [0.717, 1.165) is 16.1 Å². The number of aromatic nitrogens is 1. The average Bonchev–Trinajstić information content (AvgIpc) is 3.04. The Morgan fingerprint density at radius 2 is 1.94 bits per heavy atom. The van der Waals surface area contributed by atoms with Crippen LogP contribution in [0.2, 0.25) is 0 Å². The second kappa shape index (κ2) is 8.92. The Bertz CT molecular complexity index is 1210. The number of halogens is 2. The molecule has 1 aliphatic heterocycles. The van der Waals surface area contributed by atoms with Crippen LogP contribution in [0.25, 0.3) is 5.76 Å². The maximum atomic E-state index is 14.3. The summed E-state index contributed by atoms with van der Waals surface area (Å²) in [6.07, 6.45) is 3.22. The number of benzene rings is 2. The number of aliphatic hydroxyl groups is 1. The lowest BCUT2D eigenvalue weighted by Gasteiger charge is -2.25. The minimum atomic E-state index is -0.853. The Morgan fingerprint density at radius 1 is 1.19 bits per heavy atom. The first-order chi connectivity index (χ1) is 15.4. The summed E-state index contributed by atoms with van der Waals surface area (Å²) in [5, 5.41) is 11.0. The predicted molar refractivity (Wildman–Crippen MR) is 119 cm³/mol. The second-order valence-corrected chi connectivity index (χ2v) is 8.10. The zero-order valence-electron chi connectivity index (χ0n) is 17.0. The highest BCUT2D eigenvalue weighted by atomic mass is 79.9. The number of methoxy groups -OCH3 is 1. The fourth-order valence-corrected chi connectivity index (χ4v) is 3.96. The van der Waals surface area contributed by atoms with Crippen molar-refractivity contribution >= 4 is 33.4 Å². The van der Waals surface area contributed by atoms with Crippen molar-refractivity contribution in [2.75, 3.05) is 7.11 Å². The van der Waals surface area contributed by atoms with E-state index in [0.29, 0.717) is 5.56 Å². The first kappa shape index (κ1) is 21.7. The number of amides is 1. The molecular formula is C24H18BrFN2O4. The van der Waals surface area contributed by atoms with E-state index in [4.69, 9.17) is 4.74 Å². The van der Waals surface area contributed by atoms with E-state index in [2.05, 4.69) is 20.9 Å². The van der Waals surface area contributed by atoms with Crippen LogP contribution in [0.15, 0.2) is 77.0 Å². The number of aliphatic hydroxyl groups excluding tert-OH is 1. The number of carbonyl (C=O) groups is 2. The van der Waals surface area contributed by atoms with E-state index in [9.17, 15) is 19.1 Å². The summed E-state index contributed by atoms with van der Waals surface area (Å²) in [6, 6.07) is 13.6. The van der Waals surface area contributed by atoms with Crippen molar-refractivity contribution in [2.24, 2.45) is 0 Å². The number of pyridine rings is 1. The third kappa shape index (κ3) is 4.01. The van der Waals surface area contributed by atoms with Crippen molar-refractivity contribution in [2.45, 2.75) is 12.6 Å².